The van der Waals surface area contributed by atoms with E-state index >= 15 is 0 Å². The van der Waals surface area contributed by atoms with Gasteiger partial charge in [-0.25, -0.2) is 9.97 Å². The van der Waals surface area contributed by atoms with Gasteiger partial charge in [-0.2, -0.15) is 14.2 Å². The number of aromatic amines is 1. The molecule has 0 saturated heterocycles. The molecular formula is C47H35N8O2S2+. The van der Waals surface area contributed by atoms with Crippen molar-refractivity contribution in [1.82, 2.24) is 34.1 Å². The SMILES string of the molecule is COc1ccc(-c2nc(-c3cccs3)[nH]c2-c2ccc([N+]3(c4ccc(-c5nc(-c6cccs6)n(O)c5-c5cnccn5)cc4C)C=NC(c4ccccc4)=C3)cc2)cc1. The Balaban J connectivity index is 1.09. The van der Waals surface area contributed by atoms with E-state index < -0.39 is 0 Å². The minimum atomic E-state index is 0.247. The van der Waals surface area contributed by atoms with Gasteiger partial charge in [0.2, 0.25) is 6.34 Å². The maximum absolute atomic E-state index is 11.5. The Kier molecular flexibility index (Phi) is 9.13. The summed E-state index contributed by atoms with van der Waals surface area (Å²) in [4.78, 5) is 29.5. The lowest BCUT2D eigenvalue weighted by atomic mass is 10.0. The highest BCUT2D eigenvalue weighted by atomic mass is 32.1. The molecule has 59 heavy (non-hydrogen) atoms. The third-order valence-electron chi connectivity index (χ3n) is 10.5. The average Bonchev–Trinajstić information content (AvgIpc) is 4.15. The van der Waals surface area contributed by atoms with Crippen molar-refractivity contribution in [1.29, 1.82) is 0 Å². The number of nitrogens with zero attached hydrogens (tertiary/aromatic N) is 7. The Bertz CT molecular complexity index is 2970. The van der Waals surface area contributed by atoms with E-state index in [1.165, 1.54) is 11.3 Å². The summed E-state index contributed by atoms with van der Waals surface area (Å²) in [5.41, 5.74) is 11.1. The lowest BCUT2D eigenvalue weighted by Gasteiger charge is -2.28. The van der Waals surface area contributed by atoms with Crippen molar-refractivity contribution in [3.63, 3.8) is 0 Å². The molecule has 6 heterocycles. The fourth-order valence-electron chi connectivity index (χ4n) is 7.58. The minimum absolute atomic E-state index is 0.247. The molecule has 0 spiro atoms. The van der Waals surface area contributed by atoms with E-state index in [0.717, 1.165) is 82.3 Å². The number of quaternary nitrogens is 1. The summed E-state index contributed by atoms with van der Waals surface area (Å²) in [6.45, 7) is 2.10. The molecule has 1 aliphatic rings. The van der Waals surface area contributed by atoms with Crippen molar-refractivity contribution < 1.29 is 9.94 Å². The van der Waals surface area contributed by atoms with Crippen molar-refractivity contribution >= 4 is 46.1 Å². The minimum Gasteiger partial charge on any atom is -0.497 e. The van der Waals surface area contributed by atoms with Crippen LogP contribution in [0.2, 0.25) is 0 Å². The summed E-state index contributed by atoms with van der Waals surface area (Å²) in [5.74, 6) is 2.05. The summed E-state index contributed by atoms with van der Waals surface area (Å²) in [7, 11) is 1.67. The van der Waals surface area contributed by atoms with Gasteiger partial charge in [-0.15, -0.1) is 22.7 Å². The van der Waals surface area contributed by atoms with Gasteiger partial charge in [-0.3, -0.25) is 9.97 Å². The van der Waals surface area contributed by atoms with E-state index in [-0.39, 0.29) is 4.48 Å². The Morgan fingerprint density at radius 1 is 0.729 bits per heavy atom. The van der Waals surface area contributed by atoms with Crippen LogP contribution in [0.3, 0.4) is 0 Å². The van der Waals surface area contributed by atoms with Crippen LogP contribution >= 0.6 is 22.7 Å². The number of hydrogen-bond donors (Lipinski definition) is 2. The Labute approximate surface area is 348 Å². The predicted molar refractivity (Wildman–Crippen MR) is 238 cm³/mol. The molecule has 1 aliphatic heterocycles. The average molecular weight is 808 g/mol. The fraction of sp³-hybridized carbons (Fsp3) is 0.0426. The number of methoxy groups -OCH3 is 1. The lowest BCUT2D eigenvalue weighted by molar-refractivity contribution is 0.195. The van der Waals surface area contributed by atoms with Crippen LogP contribution < -0.4 is 9.22 Å². The summed E-state index contributed by atoms with van der Waals surface area (Å²) < 4.78 is 6.81. The molecule has 10 rings (SSSR count). The van der Waals surface area contributed by atoms with E-state index in [1.807, 2.05) is 72.4 Å². The summed E-state index contributed by atoms with van der Waals surface area (Å²) in [5, 5.41) is 15.6. The zero-order chi connectivity index (χ0) is 39.9. The maximum atomic E-state index is 11.5. The van der Waals surface area contributed by atoms with Gasteiger partial charge in [0, 0.05) is 58.4 Å². The second-order valence-electron chi connectivity index (χ2n) is 14.0. The first-order chi connectivity index (χ1) is 29.0. The summed E-state index contributed by atoms with van der Waals surface area (Å²) in [6.07, 6.45) is 9.06. The van der Waals surface area contributed by atoms with Gasteiger partial charge in [-0.05, 0) is 78.3 Å². The van der Waals surface area contributed by atoms with Crippen LogP contribution in [0, 0.1) is 6.92 Å². The fourth-order valence-corrected chi connectivity index (χ4v) is 8.94. The van der Waals surface area contributed by atoms with Crippen LogP contribution in [0.4, 0.5) is 11.4 Å². The largest absolute Gasteiger partial charge is 0.497 e. The van der Waals surface area contributed by atoms with Crippen LogP contribution in [0.1, 0.15) is 11.1 Å². The van der Waals surface area contributed by atoms with E-state index in [4.69, 9.17) is 19.7 Å². The first kappa shape index (κ1) is 36.1. The summed E-state index contributed by atoms with van der Waals surface area (Å²) in [6, 6.07) is 41.1. The molecule has 0 fully saturated rings. The monoisotopic (exact) mass is 807 g/mol. The van der Waals surface area contributed by atoms with Gasteiger partial charge in [-0.1, -0.05) is 42.5 Å². The molecule has 12 heteroatoms. The molecule has 0 aliphatic carbocycles. The number of aliphatic imine (C=N–C) groups is 1. The number of hydrogen-bond acceptors (Lipinski definition) is 9. The number of imidazole rings is 2. The number of rotatable bonds is 10. The summed E-state index contributed by atoms with van der Waals surface area (Å²) >= 11 is 3.16. The van der Waals surface area contributed by atoms with Gasteiger partial charge in [0.05, 0.1) is 34.4 Å². The van der Waals surface area contributed by atoms with E-state index in [0.29, 0.717) is 22.9 Å². The molecule has 1 atom stereocenters. The van der Waals surface area contributed by atoms with Crippen molar-refractivity contribution in [3.8, 4) is 72.3 Å². The number of aromatic nitrogens is 6. The van der Waals surface area contributed by atoms with Crippen LogP contribution in [-0.4, -0.2) is 48.3 Å². The second-order valence-corrected chi connectivity index (χ2v) is 15.9. The van der Waals surface area contributed by atoms with Gasteiger partial charge >= 0.3 is 0 Å². The molecular weight excluding hydrogens is 773 g/mol. The number of nitrogens with one attached hydrogen (secondary N) is 1. The maximum Gasteiger partial charge on any atom is 0.205 e. The number of aryl methyl sites for hydroxylation is 1. The molecule has 286 valence electrons. The third kappa shape index (κ3) is 6.45. The molecule has 0 bridgehead atoms. The van der Waals surface area contributed by atoms with E-state index in [2.05, 4.69) is 94.1 Å². The highest BCUT2D eigenvalue weighted by Crippen LogP contribution is 2.45. The van der Waals surface area contributed by atoms with Crippen molar-refractivity contribution in [3.05, 3.63) is 168 Å². The van der Waals surface area contributed by atoms with Crippen LogP contribution in [0.5, 0.6) is 5.75 Å². The molecule has 2 N–H and O–H groups in total. The molecule has 10 nitrogen and oxygen atoms in total. The first-order valence-electron chi connectivity index (χ1n) is 18.8. The number of benzene rings is 4. The standard InChI is InChI=1S/C47H35N8O2S2/c1-30-26-34(44-45(37-27-48-22-23-49-37)54(56)47(53-44)41-11-7-25-59-41)16-21-39(30)55(28-38(50-29-55)31-8-4-3-5-9-31)35-17-12-32(13-18-35)42-43(33-14-19-36(57-2)20-15-33)52-46(51-42)40-10-6-24-58-40/h3-29,56H,1-2H3,(H,51,52)/q+1. The molecule has 1 unspecified atom stereocenters. The normalized spacial score (nSPS) is 14.8. The van der Waals surface area contributed by atoms with Crippen LogP contribution in [0.25, 0.3) is 72.3 Å². The van der Waals surface area contributed by atoms with Crippen LogP contribution in [0.15, 0.2) is 162 Å². The van der Waals surface area contributed by atoms with Gasteiger partial charge in [0.15, 0.2) is 11.5 Å². The smallest absolute Gasteiger partial charge is 0.205 e. The molecule has 4 aromatic carbocycles. The van der Waals surface area contributed by atoms with Gasteiger partial charge < -0.3 is 14.9 Å². The Morgan fingerprint density at radius 2 is 1.47 bits per heavy atom. The number of ether oxygens (including phenoxy) is 1. The van der Waals surface area contributed by atoms with Crippen LogP contribution in [-0.2, 0) is 0 Å². The quantitative estimate of drug-likeness (QED) is 0.105. The van der Waals surface area contributed by atoms with Gasteiger partial charge in [0.25, 0.3) is 0 Å². The third-order valence-corrected chi connectivity index (χ3v) is 12.2. The highest BCUT2D eigenvalue weighted by Gasteiger charge is 2.37. The number of thiophene rings is 2. The number of H-pyrrole nitrogens is 1. The van der Waals surface area contributed by atoms with E-state index in [9.17, 15) is 5.21 Å². The molecule has 5 aromatic heterocycles. The van der Waals surface area contributed by atoms with Crippen molar-refractivity contribution in [2.75, 3.05) is 7.11 Å². The molecule has 0 saturated carbocycles. The molecule has 9 aromatic rings. The predicted octanol–water partition coefficient (Wildman–Crippen LogP) is 11.8. The highest BCUT2D eigenvalue weighted by molar-refractivity contribution is 7.13. The Hall–Kier alpha value is -7.25. The first-order valence-corrected chi connectivity index (χ1v) is 20.6. The zero-order valence-corrected chi connectivity index (χ0v) is 33.5. The Morgan fingerprint density at radius 3 is 2.17 bits per heavy atom. The van der Waals surface area contributed by atoms with Gasteiger partial charge in [0.1, 0.15) is 46.2 Å². The second kappa shape index (κ2) is 14.9. The van der Waals surface area contributed by atoms with Crippen molar-refractivity contribution in [2.24, 2.45) is 4.99 Å². The zero-order valence-electron chi connectivity index (χ0n) is 31.9. The van der Waals surface area contributed by atoms with E-state index in [1.54, 1.807) is 37.0 Å². The lowest BCUT2D eigenvalue weighted by Crippen LogP contribution is -2.35. The molecule has 0 amide bonds. The topological polar surface area (TPSA) is 114 Å². The molecule has 0 radical (unpaired) electrons. The van der Waals surface area contributed by atoms with Crippen molar-refractivity contribution in [2.45, 2.75) is 6.92 Å².